The molecule has 1 saturated carbocycles. The van der Waals surface area contributed by atoms with Crippen LogP contribution in [0, 0.1) is 0 Å². The molecule has 0 radical (unpaired) electrons. The minimum atomic E-state index is 0.261. The standard InChI is InChI=1S/C15H25NO2/c1-3-16(4-2)15(18)8-6-5-7-13-9-11-14(17)12-10-13/h7H,3-6,8-12H2,1-2H3. The molecule has 18 heavy (non-hydrogen) atoms. The van der Waals surface area contributed by atoms with Gasteiger partial charge in [0.1, 0.15) is 5.78 Å². The van der Waals surface area contributed by atoms with Crippen LogP contribution in [-0.4, -0.2) is 29.7 Å². The maximum Gasteiger partial charge on any atom is 0.222 e. The van der Waals surface area contributed by atoms with E-state index in [0.29, 0.717) is 25.0 Å². The highest BCUT2D eigenvalue weighted by Crippen LogP contribution is 2.21. The lowest BCUT2D eigenvalue weighted by molar-refractivity contribution is -0.130. The second kappa shape index (κ2) is 8.06. The van der Waals surface area contributed by atoms with Gasteiger partial charge in [0.05, 0.1) is 0 Å². The van der Waals surface area contributed by atoms with Gasteiger partial charge in [-0.2, -0.15) is 0 Å². The summed E-state index contributed by atoms with van der Waals surface area (Å²) in [5, 5.41) is 0. The van der Waals surface area contributed by atoms with Gasteiger partial charge in [0.25, 0.3) is 0 Å². The van der Waals surface area contributed by atoms with Crippen molar-refractivity contribution in [3.63, 3.8) is 0 Å². The summed E-state index contributed by atoms with van der Waals surface area (Å²) in [6.45, 7) is 5.64. The Bertz CT molecular complexity index is 304. The average Bonchev–Trinajstić information content (AvgIpc) is 2.38. The van der Waals surface area contributed by atoms with Gasteiger partial charge in [-0.15, -0.1) is 0 Å². The zero-order chi connectivity index (χ0) is 13.4. The smallest absolute Gasteiger partial charge is 0.222 e. The first-order valence-electron chi connectivity index (χ1n) is 7.14. The lowest BCUT2D eigenvalue weighted by Crippen LogP contribution is -2.30. The highest BCUT2D eigenvalue weighted by atomic mass is 16.2. The zero-order valence-electron chi connectivity index (χ0n) is 11.7. The zero-order valence-corrected chi connectivity index (χ0v) is 11.7. The summed E-state index contributed by atoms with van der Waals surface area (Å²) in [7, 11) is 0. The maximum atomic E-state index is 11.8. The third-order valence-corrected chi connectivity index (χ3v) is 3.59. The monoisotopic (exact) mass is 251 g/mol. The van der Waals surface area contributed by atoms with Crippen molar-refractivity contribution in [1.29, 1.82) is 0 Å². The fourth-order valence-electron chi connectivity index (χ4n) is 2.35. The number of ketones is 1. The Kier molecular flexibility index (Phi) is 6.69. The van der Waals surface area contributed by atoms with Crippen molar-refractivity contribution in [2.75, 3.05) is 13.1 Å². The summed E-state index contributed by atoms with van der Waals surface area (Å²) >= 11 is 0. The molecular formula is C15H25NO2. The van der Waals surface area contributed by atoms with E-state index in [4.69, 9.17) is 0 Å². The van der Waals surface area contributed by atoms with Gasteiger partial charge in [0, 0.05) is 32.4 Å². The number of hydrogen-bond donors (Lipinski definition) is 0. The number of unbranched alkanes of at least 4 members (excludes halogenated alkanes) is 1. The van der Waals surface area contributed by atoms with Crippen LogP contribution in [0.5, 0.6) is 0 Å². The van der Waals surface area contributed by atoms with E-state index < -0.39 is 0 Å². The molecule has 0 N–H and O–H groups in total. The molecule has 1 rings (SSSR count). The number of rotatable bonds is 6. The van der Waals surface area contributed by atoms with E-state index in [9.17, 15) is 9.59 Å². The van der Waals surface area contributed by atoms with E-state index in [1.165, 1.54) is 5.57 Å². The Morgan fingerprint density at radius 3 is 2.33 bits per heavy atom. The van der Waals surface area contributed by atoms with Gasteiger partial charge in [-0.1, -0.05) is 11.6 Å². The molecule has 0 saturated heterocycles. The Balaban J connectivity index is 2.20. The molecule has 0 aromatic carbocycles. The summed E-state index contributed by atoms with van der Waals surface area (Å²) in [4.78, 5) is 24.7. The summed E-state index contributed by atoms with van der Waals surface area (Å²) < 4.78 is 0. The van der Waals surface area contributed by atoms with Crippen LogP contribution < -0.4 is 0 Å². The number of amides is 1. The van der Waals surface area contributed by atoms with Crippen LogP contribution in [0.3, 0.4) is 0 Å². The third kappa shape index (κ3) is 5.03. The molecule has 0 aromatic heterocycles. The van der Waals surface area contributed by atoms with Crippen molar-refractivity contribution in [2.45, 2.75) is 58.8 Å². The third-order valence-electron chi connectivity index (χ3n) is 3.59. The van der Waals surface area contributed by atoms with Crippen LogP contribution >= 0.6 is 0 Å². The summed E-state index contributed by atoms with van der Waals surface area (Å²) in [5.41, 5.74) is 1.41. The van der Waals surface area contributed by atoms with Crippen molar-refractivity contribution < 1.29 is 9.59 Å². The van der Waals surface area contributed by atoms with E-state index in [1.807, 2.05) is 18.7 Å². The van der Waals surface area contributed by atoms with Crippen LogP contribution in [0.4, 0.5) is 0 Å². The van der Waals surface area contributed by atoms with E-state index in [1.54, 1.807) is 0 Å². The highest BCUT2D eigenvalue weighted by Gasteiger charge is 2.12. The molecule has 0 spiro atoms. The molecule has 0 bridgehead atoms. The number of Topliss-reactive ketones (excluding diaryl/α,β-unsaturated/α-hetero) is 1. The molecule has 0 aliphatic heterocycles. The molecule has 0 heterocycles. The normalized spacial score (nSPS) is 15.7. The number of nitrogens with zero attached hydrogens (tertiary/aromatic N) is 1. The minimum Gasteiger partial charge on any atom is -0.343 e. The second-order valence-electron chi connectivity index (χ2n) is 4.86. The maximum absolute atomic E-state index is 11.8. The Hall–Kier alpha value is -1.12. The van der Waals surface area contributed by atoms with Crippen LogP contribution in [0.15, 0.2) is 11.6 Å². The largest absolute Gasteiger partial charge is 0.343 e. The van der Waals surface area contributed by atoms with Crippen molar-refractivity contribution in [3.8, 4) is 0 Å². The average molecular weight is 251 g/mol. The molecule has 1 aliphatic rings. The van der Waals surface area contributed by atoms with Gasteiger partial charge >= 0.3 is 0 Å². The van der Waals surface area contributed by atoms with Gasteiger partial charge in [0.2, 0.25) is 5.91 Å². The Morgan fingerprint density at radius 1 is 1.17 bits per heavy atom. The molecule has 0 aromatic rings. The first-order chi connectivity index (χ1) is 8.67. The van der Waals surface area contributed by atoms with Crippen molar-refractivity contribution in [1.82, 2.24) is 4.90 Å². The van der Waals surface area contributed by atoms with Crippen LogP contribution in [0.2, 0.25) is 0 Å². The SMILES string of the molecule is CCN(CC)C(=O)CCCC=C1CCC(=O)CC1. The fraction of sp³-hybridized carbons (Fsp3) is 0.733. The molecule has 0 atom stereocenters. The molecular weight excluding hydrogens is 226 g/mol. The van der Waals surface area contributed by atoms with Crippen molar-refractivity contribution >= 4 is 11.7 Å². The fourth-order valence-corrected chi connectivity index (χ4v) is 2.35. The van der Waals surface area contributed by atoms with Gasteiger partial charge in [0.15, 0.2) is 0 Å². The number of carbonyl (C=O) groups excluding carboxylic acids is 2. The summed E-state index contributed by atoms with van der Waals surface area (Å²) in [6, 6.07) is 0. The predicted molar refractivity (Wildman–Crippen MR) is 73.3 cm³/mol. The topological polar surface area (TPSA) is 37.4 Å². The molecule has 3 heteroatoms. The molecule has 102 valence electrons. The first kappa shape index (κ1) is 14.9. The van der Waals surface area contributed by atoms with Crippen molar-refractivity contribution in [2.24, 2.45) is 0 Å². The van der Waals surface area contributed by atoms with Crippen LogP contribution in [0.1, 0.15) is 58.8 Å². The van der Waals surface area contributed by atoms with E-state index in [0.717, 1.165) is 38.8 Å². The molecule has 3 nitrogen and oxygen atoms in total. The number of carbonyl (C=O) groups is 2. The molecule has 1 amide bonds. The molecule has 0 unspecified atom stereocenters. The second-order valence-corrected chi connectivity index (χ2v) is 4.86. The number of hydrogen-bond acceptors (Lipinski definition) is 2. The lowest BCUT2D eigenvalue weighted by Gasteiger charge is -2.18. The van der Waals surface area contributed by atoms with E-state index >= 15 is 0 Å². The summed E-state index contributed by atoms with van der Waals surface area (Å²) in [5.74, 6) is 0.654. The van der Waals surface area contributed by atoms with Gasteiger partial charge < -0.3 is 4.90 Å². The molecule has 1 fully saturated rings. The first-order valence-corrected chi connectivity index (χ1v) is 7.14. The number of allylic oxidation sites excluding steroid dienone is 2. The van der Waals surface area contributed by atoms with Crippen LogP contribution in [0.25, 0.3) is 0 Å². The lowest BCUT2D eigenvalue weighted by atomic mass is 9.93. The van der Waals surface area contributed by atoms with Gasteiger partial charge in [-0.25, -0.2) is 0 Å². The van der Waals surface area contributed by atoms with Gasteiger partial charge in [-0.05, 0) is 39.5 Å². The quantitative estimate of drug-likeness (QED) is 0.537. The molecule has 1 aliphatic carbocycles. The van der Waals surface area contributed by atoms with Crippen LogP contribution in [-0.2, 0) is 9.59 Å². The highest BCUT2D eigenvalue weighted by molar-refractivity contribution is 5.80. The van der Waals surface area contributed by atoms with E-state index in [2.05, 4.69) is 6.08 Å². The van der Waals surface area contributed by atoms with Crippen molar-refractivity contribution in [3.05, 3.63) is 11.6 Å². The van der Waals surface area contributed by atoms with Gasteiger partial charge in [-0.3, -0.25) is 9.59 Å². The Labute approximate surface area is 110 Å². The minimum absolute atomic E-state index is 0.261. The predicted octanol–water partition coefficient (Wildman–Crippen LogP) is 3.09. The Morgan fingerprint density at radius 2 is 1.78 bits per heavy atom. The van der Waals surface area contributed by atoms with E-state index in [-0.39, 0.29) is 5.91 Å². The summed E-state index contributed by atoms with van der Waals surface area (Å²) in [6.07, 6.45) is 8.07.